The van der Waals surface area contributed by atoms with Gasteiger partial charge in [0.05, 0.1) is 11.4 Å². The third-order valence-electron chi connectivity index (χ3n) is 3.72. The Morgan fingerprint density at radius 1 is 1.15 bits per heavy atom. The Kier molecular flexibility index (Phi) is 5.11. The van der Waals surface area contributed by atoms with Crippen molar-refractivity contribution < 1.29 is 9.18 Å². The minimum atomic E-state index is -0.289. The number of nitrogens with zero attached hydrogens (tertiary/aromatic N) is 3. The van der Waals surface area contributed by atoms with Crippen molar-refractivity contribution in [2.75, 3.05) is 11.1 Å². The van der Waals surface area contributed by atoms with Crippen LogP contribution in [0.5, 0.6) is 0 Å². The monoisotopic (exact) mass is 418 g/mol. The Labute approximate surface area is 167 Å². The highest BCUT2D eigenvalue weighted by Crippen LogP contribution is 2.30. The van der Waals surface area contributed by atoms with E-state index < -0.39 is 0 Å². The van der Waals surface area contributed by atoms with E-state index in [4.69, 9.17) is 11.6 Å². The predicted molar refractivity (Wildman–Crippen MR) is 107 cm³/mol. The van der Waals surface area contributed by atoms with Gasteiger partial charge in [-0.3, -0.25) is 9.20 Å². The summed E-state index contributed by atoms with van der Waals surface area (Å²) in [6, 6.07) is 13.2. The first-order valence-electron chi connectivity index (χ1n) is 7.87. The lowest BCUT2D eigenvalue weighted by molar-refractivity contribution is -0.113. The molecule has 1 amide bonds. The number of carbonyl (C=O) groups excluding carboxylic acids is 1. The van der Waals surface area contributed by atoms with Gasteiger partial charge in [0.25, 0.3) is 0 Å². The first-order valence-corrected chi connectivity index (χ1v) is 10.1. The van der Waals surface area contributed by atoms with Crippen molar-refractivity contribution in [1.29, 1.82) is 0 Å². The molecule has 0 fully saturated rings. The fourth-order valence-corrected chi connectivity index (χ4v) is 4.24. The minimum absolute atomic E-state index is 0.155. The van der Waals surface area contributed by atoms with Crippen LogP contribution in [0.1, 0.15) is 0 Å². The van der Waals surface area contributed by atoms with Crippen molar-refractivity contribution in [3.8, 4) is 11.3 Å². The van der Waals surface area contributed by atoms with Crippen molar-refractivity contribution in [3.63, 3.8) is 0 Å². The summed E-state index contributed by atoms with van der Waals surface area (Å²) in [7, 11) is 0. The fraction of sp³-hybridized carbons (Fsp3) is 0.0556. The molecule has 0 aliphatic heterocycles. The molecule has 5 nitrogen and oxygen atoms in total. The van der Waals surface area contributed by atoms with Gasteiger partial charge >= 0.3 is 0 Å². The summed E-state index contributed by atoms with van der Waals surface area (Å²) in [5, 5.41) is 14.3. The topological polar surface area (TPSA) is 59.3 Å². The van der Waals surface area contributed by atoms with Gasteiger partial charge in [-0.25, -0.2) is 4.39 Å². The summed E-state index contributed by atoms with van der Waals surface area (Å²) in [6.45, 7) is 0. The molecule has 2 aromatic heterocycles. The van der Waals surface area contributed by atoms with Gasteiger partial charge in [-0.1, -0.05) is 23.4 Å². The van der Waals surface area contributed by atoms with Crippen LogP contribution >= 0.6 is 34.7 Å². The second-order valence-corrected chi connectivity index (χ2v) is 7.79. The second kappa shape index (κ2) is 7.67. The van der Waals surface area contributed by atoms with Crippen molar-refractivity contribution in [2.45, 2.75) is 5.16 Å². The highest BCUT2D eigenvalue weighted by atomic mass is 35.5. The Morgan fingerprint density at radius 3 is 2.63 bits per heavy atom. The minimum Gasteiger partial charge on any atom is -0.325 e. The largest absolute Gasteiger partial charge is 0.325 e. The Bertz CT molecular complexity index is 1090. The molecule has 0 atom stereocenters. The first kappa shape index (κ1) is 18.0. The van der Waals surface area contributed by atoms with E-state index in [-0.39, 0.29) is 17.5 Å². The summed E-state index contributed by atoms with van der Waals surface area (Å²) >= 11 is 8.57. The van der Waals surface area contributed by atoms with Crippen LogP contribution in [-0.4, -0.2) is 26.3 Å². The summed E-state index contributed by atoms with van der Waals surface area (Å²) < 4.78 is 15.1. The van der Waals surface area contributed by atoms with Crippen molar-refractivity contribution in [2.24, 2.45) is 0 Å². The lowest BCUT2D eigenvalue weighted by atomic mass is 10.2. The van der Waals surface area contributed by atoms with E-state index in [9.17, 15) is 9.18 Å². The van der Waals surface area contributed by atoms with Crippen LogP contribution in [0.4, 0.5) is 10.1 Å². The van der Waals surface area contributed by atoms with Crippen LogP contribution in [0.2, 0.25) is 5.02 Å². The smallest absolute Gasteiger partial charge is 0.234 e. The lowest BCUT2D eigenvalue weighted by Crippen LogP contribution is -2.14. The van der Waals surface area contributed by atoms with Gasteiger partial charge in [0.2, 0.25) is 10.9 Å². The van der Waals surface area contributed by atoms with Gasteiger partial charge in [-0.15, -0.1) is 21.5 Å². The lowest BCUT2D eigenvalue weighted by Gasteiger charge is -2.05. The van der Waals surface area contributed by atoms with E-state index in [1.54, 1.807) is 36.4 Å². The molecule has 9 heteroatoms. The van der Waals surface area contributed by atoms with Gasteiger partial charge in [-0.2, -0.15) is 0 Å². The van der Waals surface area contributed by atoms with Crippen LogP contribution in [0.25, 0.3) is 16.2 Å². The van der Waals surface area contributed by atoms with Crippen molar-refractivity contribution in [3.05, 3.63) is 64.8 Å². The molecule has 4 rings (SSSR count). The number of thioether (sulfide) groups is 1. The molecule has 0 aliphatic rings. The highest BCUT2D eigenvalue weighted by molar-refractivity contribution is 7.99. The van der Waals surface area contributed by atoms with Crippen molar-refractivity contribution in [1.82, 2.24) is 14.6 Å². The van der Waals surface area contributed by atoms with Crippen LogP contribution in [0.3, 0.4) is 0 Å². The number of anilines is 1. The van der Waals surface area contributed by atoms with E-state index in [0.717, 1.165) is 16.2 Å². The summed E-state index contributed by atoms with van der Waals surface area (Å²) in [4.78, 5) is 12.9. The molecule has 0 bridgehead atoms. The number of hydrogen-bond acceptors (Lipinski definition) is 5. The van der Waals surface area contributed by atoms with Crippen LogP contribution in [0.15, 0.2) is 59.1 Å². The molecular formula is C18H12ClFN4OS2. The standard InChI is InChI=1S/C18H12ClFN4OS2/c19-12-3-7-14(8-4-12)21-16(25)10-27-18-23-22-17-24(18)15(9-26-17)11-1-5-13(20)6-2-11/h1-9H,10H2,(H,21,25). The predicted octanol–water partition coefficient (Wildman–Crippen LogP) is 4.98. The molecule has 4 aromatic rings. The molecule has 0 saturated carbocycles. The summed E-state index contributed by atoms with van der Waals surface area (Å²) in [5.74, 6) is -0.262. The number of benzene rings is 2. The maximum absolute atomic E-state index is 13.2. The zero-order valence-corrected chi connectivity index (χ0v) is 16.1. The second-order valence-electron chi connectivity index (χ2n) is 5.57. The number of fused-ring (bicyclic) bond motifs is 1. The zero-order valence-electron chi connectivity index (χ0n) is 13.7. The fourth-order valence-electron chi connectivity index (χ4n) is 2.47. The Morgan fingerprint density at radius 2 is 1.89 bits per heavy atom. The normalized spacial score (nSPS) is 11.0. The average Bonchev–Trinajstić information content (AvgIpc) is 3.25. The molecule has 136 valence electrons. The quantitative estimate of drug-likeness (QED) is 0.464. The van der Waals surface area contributed by atoms with E-state index >= 15 is 0 Å². The molecule has 27 heavy (non-hydrogen) atoms. The molecule has 0 saturated heterocycles. The molecule has 0 spiro atoms. The molecular weight excluding hydrogens is 407 g/mol. The molecule has 0 unspecified atom stereocenters. The van der Waals surface area contributed by atoms with Gasteiger partial charge < -0.3 is 5.32 Å². The number of nitrogens with one attached hydrogen (secondary N) is 1. The molecule has 2 heterocycles. The molecule has 0 radical (unpaired) electrons. The molecule has 2 aromatic carbocycles. The highest BCUT2D eigenvalue weighted by Gasteiger charge is 2.15. The van der Waals surface area contributed by atoms with Crippen molar-refractivity contribution >= 4 is 51.3 Å². The number of halogens is 2. The number of amides is 1. The average molecular weight is 419 g/mol. The zero-order chi connectivity index (χ0) is 18.8. The maximum Gasteiger partial charge on any atom is 0.234 e. The van der Waals surface area contributed by atoms with Crippen LogP contribution in [0, 0.1) is 5.82 Å². The molecule has 0 aliphatic carbocycles. The van der Waals surface area contributed by atoms with E-state index in [0.29, 0.717) is 15.9 Å². The number of rotatable bonds is 5. The third kappa shape index (κ3) is 3.97. The van der Waals surface area contributed by atoms with Gasteiger partial charge in [0, 0.05) is 16.1 Å². The molecule has 1 N–H and O–H groups in total. The number of carbonyl (C=O) groups is 1. The van der Waals surface area contributed by atoms with E-state index in [1.807, 2.05) is 9.78 Å². The summed E-state index contributed by atoms with van der Waals surface area (Å²) in [6.07, 6.45) is 0. The number of aromatic nitrogens is 3. The number of thiazole rings is 1. The first-order chi connectivity index (χ1) is 13.1. The maximum atomic E-state index is 13.2. The Balaban J connectivity index is 1.50. The SMILES string of the molecule is O=C(CSc1nnc2scc(-c3ccc(F)cc3)n12)Nc1ccc(Cl)cc1. The summed E-state index contributed by atoms with van der Waals surface area (Å²) in [5.41, 5.74) is 2.40. The van der Waals surface area contributed by atoms with Gasteiger partial charge in [-0.05, 0) is 54.1 Å². The number of hydrogen-bond donors (Lipinski definition) is 1. The van der Waals surface area contributed by atoms with Gasteiger partial charge in [0.1, 0.15) is 5.82 Å². The van der Waals surface area contributed by atoms with E-state index in [2.05, 4.69) is 15.5 Å². The third-order valence-corrected chi connectivity index (χ3v) is 5.72. The van der Waals surface area contributed by atoms with Gasteiger partial charge in [0.15, 0.2) is 5.16 Å². The van der Waals surface area contributed by atoms with E-state index in [1.165, 1.54) is 35.2 Å². The van der Waals surface area contributed by atoms with Crippen LogP contribution in [-0.2, 0) is 4.79 Å². The Hall–Kier alpha value is -2.42. The van der Waals surface area contributed by atoms with Crippen LogP contribution < -0.4 is 5.32 Å².